The van der Waals surface area contributed by atoms with Crippen molar-refractivity contribution in [1.82, 2.24) is 9.80 Å². The van der Waals surface area contributed by atoms with Gasteiger partial charge < -0.3 is 10.0 Å². The molecule has 0 saturated carbocycles. The molecule has 1 unspecified atom stereocenters. The van der Waals surface area contributed by atoms with Crippen molar-refractivity contribution in [2.24, 2.45) is 0 Å². The first-order valence-corrected chi connectivity index (χ1v) is 12.9. The molecular formula is C24H25F3N2O6S. The minimum Gasteiger partial charge on any atom is -0.475 e. The minimum absolute atomic E-state index is 0.0594. The number of ketones is 1. The van der Waals surface area contributed by atoms with Crippen LogP contribution in [-0.4, -0.2) is 90.9 Å². The molecule has 2 heterocycles. The Hall–Kier alpha value is -3.25. The van der Waals surface area contributed by atoms with Gasteiger partial charge in [0.25, 0.3) is 5.91 Å². The first-order valence-electron chi connectivity index (χ1n) is 11.1. The van der Waals surface area contributed by atoms with Crippen molar-refractivity contribution in [3.05, 3.63) is 71.3 Å². The van der Waals surface area contributed by atoms with Crippen molar-refractivity contribution in [2.45, 2.75) is 18.6 Å². The molecule has 12 heteroatoms. The largest absolute Gasteiger partial charge is 0.490 e. The number of hydrogen-bond donors (Lipinski definition) is 1. The van der Waals surface area contributed by atoms with Crippen molar-refractivity contribution < 1.29 is 41.1 Å². The predicted molar refractivity (Wildman–Crippen MR) is 125 cm³/mol. The fourth-order valence-electron chi connectivity index (χ4n) is 4.14. The van der Waals surface area contributed by atoms with Crippen LogP contribution in [0.1, 0.15) is 32.7 Å². The van der Waals surface area contributed by atoms with Gasteiger partial charge in [0.2, 0.25) is 0 Å². The molecule has 0 aliphatic carbocycles. The number of benzene rings is 2. The maximum Gasteiger partial charge on any atom is 0.490 e. The zero-order chi connectivity index (χ0) is 26.5. The van der Waals surface area contributed by atoms with Gasteiger partial charge in [-0.05, 0) is 12.5 Å². The molecular weight excluding hydrogens is 501 g/mol. The van der Waals surface area contributed by atoms with E-state index < -0.39 is 22.0 Å². The van der Waals surface area contributed by atoms with Crippen LogP contribution in [-0.2, 0) is 14.6 Å². The van der Waals surface area contributed by atoms with E-state index in [4.69, 9.17) is 9.90 Å². The average molecular weight is 527 g/mol. The van der Waals surface area contributed by atoms with Gasteiger partial charge in [-0.2, -0.15) is 13.2 Å². The number of amides is 1. The zero-order valence-electron chi connectivity index (χ0n) is 19.1. The lowest BCUT2D eigenvalue weighted by molar-refractivity contribution is -0.192. The summed E-state index contributed by atoms with van der Waals surface area (Å²) in [5.41, 5.74) is 1.38. The molecule has 2 aliphatic heterocycles. The Morgan fingerprint density at radius 2 is 1.39 bits per heavy atom. The molecule has 36 heavy (non-hydrogen) atoms. The first-order chi connectivity index (χ1) is 16.9. The Labute approximate surface area is 206 Å². The second-order valence-corrected chi connectivity index (χ2v) is 10.7. The van der Waals surface area contributed by atoms with E-state index in [0.29, 0.717) is 49.3 Å². The molecule has 194 valence electrons. The fraction of sp³-hybridized carbons (Fsp3) is 0.375. The third-order valence-corrected chi connectivity index (χ3v) is 7.76. The summed E-state index contributed by atoms with van der Waals surface area (Å²) in [4.78, 5) is 38.9. The average Bonchev–Trinajstić information content (AvgIpc) is 3.23. The van der Waals surface area contributed by atoms with Crippen LogP contribution in [0.4, 0.5) is 13.2 Å². The quantitative estimate of drug-likeness (QED) is 0.610. The van der Waals surface area contributed by atoms with Gasteiger partial charge in [0.05, 0.1) is 17.1 Å². The zero-order valence-corrected chi connectivity index (χ0v) is 20.0. The van der Waals surface area contributed by atoms with E-state index in [1.165, 1.54) is 0 Å². The summed E-state index contributed by atoms with van der Waals surface area (Å²) in [6.07, 6.45) is -4.41. The van der Waals surface area contributed by atoms with Crippen LogP contribution in [0, 0.1) is 0 Å². The van der Waals surface area contributed by atoms with Crippen LogP contribution < -0.4 is 0 Å². The normalized spacial score (nSPS) is 19.8. The standard InChI is InChI=1S/C22H24N2O4S.C2HF3O2/c25-21(17-6-2-1-3-7-17)19-8-4-5-9-20(19)22(26)24-13-11-23(12-14-24)18-10-15-29(27,28)16-18;3-2(4,5)1(6)7/h1-9,18H,10-16H2;(H,6,7). The van der Waals surface area contributed by atoms with Crippen molar-refractivity contribution in [3.63, 3.8) is 0 Å². The van der Waals surface area contributed by atoms with Gasteiger partial charge in [-0.1, -0.05) is 48.5 Å². The number of piperazine rings is 1. The van der Waals surface area contributed by atoms with E-state index in [1.54, 1.807) is 53.4 Å². The van der Waals surface area contributed by atoms with Gasteiger partial charge in [0.1, 0.15) is 0 Å². The van der Waals surface area contributed by atoms with E-state index in [0.717, 1.165) is 0 Å². The molecule has 2 saturated heterocycles. The number of aliphatic carboxylic acids is 1. The number of rotatable bonds is 4. The highest BCUT2D eigenvalue weighted by atomic mass is 32.2. The summed E-state index contributed by atoms with van der Waals surface area (Å²) >= 11 is 0. The second kappa shape index (κ2) is 11.2. The topological polar surface area (TPSA) is 112 Å². The molecule has 0 bridgehead atoms. The number of halogens is 3. The van der Waals surface area contributed by atoms with Gasteiger partial charge in [-0.3, -0.25) is 14.5 Å². The van der Waals surface area contributed by atoms with E-state index in [-0.39, 0.29) is 29.2 Å². The maximum atomic E-state index is 13.1. The third kappa shape index (κ3) is 6.91. The summed E-state index contributed by atoms with van der Waals surface area (Å²) in [6, 6.07) is 16.0. The monoisotopic (exact) mass is 526 g/mol. The Balaban J connectivity index is 0.000000454. The summed E-state index contributed by atoms with van der Waals surface area (Å²) in [6.45, 7) is 2.37. The number of carbonyl (C=O) groups excluding carboxylic acids is 2. The molecule has 8 nitrogen and oxygen atoms in total. The molecule has 2 aliphatic rings. The van der Waals surface area contributed by atoms with Crippen LogP contribution in [0.5, 0.6) is 0 Å². The van der Waals surface area contributed by atoms with Crippen molar-refractivity contribution in [2.75, 3.05) is 37.7 Å². The Bertz CT molecular complexity index is 1210. The molecule has 0 spiro atoms. The van der Waals surface area contributed by atoms with Crippen molar-refractivity contribution in [3.8, 4) is 0 Å². The van der Waals surface area contributed by atoms with Crippen LogP contribution >= 0.6 is 0 Å². The summed E-state index contributed by atoms with van der Waals surface area (Å²) < 4.78 is 55.2. The number of carbonyl (C=O) groups is 3. The molecule has 1 N–H and O–H groups in total. The third-order valence-electron chi connectivity index (χ3n) is 6.01. The molecule has 4 rings (SSSR count). The molecule has 2 aromatic carbocycles. The van der Waals surface area contributed by atoms with E-state index in [9.17, 15) is 31.2 Å². The van der Waals surface area contributed by atoms with Gasteiger partial charge in [0.15, 0.2) is 15.6 Å². The van der Waals surface area contributed by atoms with Gasteiger partial charge in [-0.25, -0.2) is 13.2 Å². The van der Waals surface area contributed by atoms with Crippen LogP contribution in [0.25, 0.3) is 0 Å². The number of carboxylic acid groups (broad SMARTS) is 1. The molecule has 0 radical (unpaired) electrons. The lowest BCUT2D eigenvalue weighted by Gasteiger charge is -2.37. The molecule has 1 amide bonds. The van der Waals surface area contributed by atoms with Crippen LogP contribution in [0.2, 0.25) is 0 Å². The van der Waals surface area contributed by atoms with Gasteiger partial charge >= 0.3 is 12.1 Å². The molecule has 2 fully saturated rings. The number of nitrogens with zero attached hydrogens (tertiary/aromatic N) is 2. The Morgan fingerprint density at radius 3 is 1.89 bits per heavy atom. The SMILES string of the molecule is O=C(O)C(F)(F)F.O=C(c1ccccc1)c1ccccc1C(=O)N1CCN(C2CCS(=O)(=O)C2)CC1. The predicted octanol–water partition coefficient (Wildman–Crippen LogP) is 2.50. The Kier molecular flexibility index (Phi) is 8.51. The lowest BCUT2D eigenvalue weighted by atomic mass is 9.97. The van der Waals surface area contributed by atoms with E-state index >= 15 is 0 Å². The summed E-state index contributed by atoms with van der Waals surface area (Å²) in [5, 5.41) is 7.12. The second-order valence-electron chi connectivity index (χ2n) is 8.43. The molecule has 2 aromatic rings. The first kappa shape index (κ1) is 27.3. The summed E-state index contributed by atoms with van der Waals surface area (Å²) in [7, 11) is -2.92. The van der Waals surface area contributed by atoms with Gasteiger partial charge in [0, 0.05) is 43.3 Å². The Morgan fingerprint density at radius 1 is 0.861 bits per heavy atom. The number of sulfone groups is 1. The highest BCUT2D eigenvalue weighted by Crippen LogP contribution is 2.21. The highest BCUT2D eigenvalue weighted by molar-refractivity contribution is 7.91. The smallest absolute Gasteiger partial charge is 0.475 e. The number of hydrogen-bond acceptors (Lipinski definition) is 6. The molecule has 1 atom stereocenters. The highest BCUT2D eigenvalue weighted by Gasteiger charge is 2.38. The van der Waals surface area contributed by atoms with E-state index in [1.807, 2.05) is 6.07 Å². The fourth-order valence-corrected chi connectivity index (χ4v) is 5.90. The maximum absolute atomic E-state index is 13.1. The molecule has 0 aromatic heterocycles. The van der Waals surface area contributed by atoms with Crippen LogP contribution in [0.3, 0.4) is 0 Å². The number of alkyl halides is 3. The minimum atomic E-state index is -5.08. The number of carboxylic acids is 1. The van der Waals surface area contributed by atoms with Crippen molar-refractivity contribution >= 4 is 27.5 Å². The van der Waals surface area contributed by atoms with E-state index in [2.05, 4.69) is 4.90 Å². The van der Waals surface area contributed by atoms with Crippen LogP contribution in [0.15, 0.2) is 54.6 Å². The van der Waals surface area contributed by atoms with Gasteiger partial charge in [-0.15, -0.1) is 0 Å². The van der Waals surface area contributed by atoms with Crippen molar-refractivity contribution in [1.29, 1.82) is 0 Å². The lowest BCUT2D eigenvalue weighted by Crippen LogP contribution is -2.52. The summed E-state index contributed by atoms with van der Waals surface area (Å²) in [5.74, 6) is -2.60.